The van der Waals surface area contributed by atoms with Crippen molar-refractivity contribution < 1.29 is 55.4 Å². The summed E-state index contributed by atoms with van der Waals surface area (Å²) in [6.45, 7) is 15.8. The molecule has 34 heavy (non-hydrogen) atoms. The number of rotatable bonds is 4. The van der Waals surface area contributed by atoms with E-state index in [2.05, 4.69) is 15.4 Å². The maximum Gasteiger partial charge on any atom is 2.00 e. The van der Waals surface area contributed by atoms with Gasteiger partial charge in [0.2, 0.25) is 0 Å². The van der Waals surface area contributed by atoms with Crippen molar-refractivity contribution in [2.24, 2.45) is 0 Å². The van der Waals surface area contributed by atoms with Crippen LogP contribution < -0.4 is 27.6 Å². The molecule has 0 spiro atoms. The maximum atomic E-state index is 11.1. The van der Waals surface area contributed by atoms with E-state index in [4.69, 9.17) is 14.2 Å². The summed E-state index contributed by atoms with van der Waals surface area (Å²) in [6, 6.07) is 0. The quantitative estimate of drug-likeness (QED) is 0.184. The van der Waals surface area contributed by atoms with Gasteiger partial charge in [-0.25, -0.2) is 9.59 Å². The molecule has 1 saturated heterocycles. The van der Waals surface area contributed by atoms with Crippen molar-refractivity contribution in [3.63, 3.8) is 0 Å². The molecule has 1 heterocycles. The van der Waals surface area contributed by atoms with Gasteiger partial charge in [0.05, 0.1) is 12.7 Å². The standard InChI is InChI=1S/C9H19NO3.C8H15NO4.C4H8O.CH3.BrH.Mg/c1-8(2,3)13-7(11)10-6-9(4,5)12;1-8(2,3)13-7(11)9-5-6(10)12-4;1-2-4-5-3-1;;;/h12H,6H2,1-5H3,(H,10,11);5H2,1-4H3,(H,9,11);1-4H2;1H3;1H;/q;;;-1;;+2/p-1. The van der Waals surface area contributed by atoms with Gasteiger partial charge in [0, 0.05) is 19.8 Å². The minimum absolute atomic E-state index is 0. The molecule has 0 unspecified atom stereocenters. The molecule has 3 N–H and O–H groups in total. The van der Waals surface area contributed by atoms with Crippen molar-refractivity contribution >= 4 is 41.2 Å². The van der Waals surface area contributed by atoms with Crippen molar-refractivity contribution in [2.75, 3.05) is 33.4 Å². The summed E-state index contributed by atoms with van der Waals surface area (Å²) >= 11 is 0. The Labute approximate surface area is 232 Å². The summed E-state index contributed by atoms with van der Waals surface area (Å²) in [5.41, 5.74) is -1.96. The predicted octanol–water partition coefficient (Wildman–Crippen LogP) is -0.164. The van der Waals surface area contributed by atoms with E-state index in [1.165, 1.54) is 20.0 Å². The predicted molar refractivity (Wildman–Crippen MR) is 129 cm³/mol. The molecule has 0 aromatic rings. The zero-order valence-electron chi connectivity index (χ0n) is 22.6. The Morgan fingerprint density at radius 3 is 1.50 bits per heavy atom. The summed E-state index contributed by atoms with van der Waals surface area (Å²) in [4.78, 5) is 32.6. The van der Waals surface area contributed by atoms with Gasteiger partial charge in [0.1, 0.15) is 17.7 Å². The molecule has 0 aromatic carbocycles. The van der Waals surface area contributed by atoms with E-state index in [9.17, 15) is 19.5 Å². The van der Waals surface area contributed by atoms with Gasteiger partial charge >= 0.3 is 41.2 Å². The molecule has 1 aliphatic heterocycles. The first-order valence-electron chi connectivity index (χ1n) is 10.3. The van der Waals surface area contributed by atoms with Gasteiger partial charge in [0.15, 0.2) is 0 Å². The minimum Gasteiger partial charge on any atom is -1.00 e. The van der Waals surface area contributed by atoms with Gasteiger partial charge < -0.3 is 59.1 Å². The molecule has 1 rings (SSSR count). The molecule has 12 heteroatoms. The third kappa shape index (κ3) is 38.4. The first-order valence-corrected chi connectivity index (χ1v) is 10.3. The van der Waals surface area contributed by atoms with Crippen LogP contribution in [-0.2, 0) is 23.7 Å². The number of methoxy groups -OCH3 is 1. The van der Waals surface area contributed by atoms with E-state index in [0.717, 1.165) is 13.2 Å². The van der Waals surface area contributed by atoms with Crippen LogP contribution in [0.2, 0.25) is 0 Å². The fourth-order valence-electron chi connectivity index (χ4n) is 1.64. The Bertz CT molecular complexity index is 533. The summed E-state index contributed by atoms with van der Waals surface area (Å²) < 4.78 is 19.1. The summed E-state index contributed by atoms with van der Waals surface area (Å²) in [5, 5.41) is 14.0. The second kappa shape index (κ2) is 21.5. The Hall–Kier alpha value is -0.824. The second-order valence-corrected chi connectivity index (χ2v) is 9.42. The third-order valence-corrected chi connectivity index (χ3v) is 2.90. The van der Waals surface area contributed by atoms with E-state index < -0.39 is 35.0 Å². The smallest absolute Gasteiger partial charge is 1.00 e. The van der Waals surface area contributed by atoms with Crippen LogP contribution >= 0.6 is 0 Å². The average molecular weight is 570 g/mol. The van der Waals surface area contributed by atoms with Crippen LogP contribution in [0.3, 0.4) is 0 Å². The summed E-state index contributed by atoms with van der Waals surface area (Å²) in [7, 11) is 1.25. The van der Waals surface area contributed by atoms with E-state index in [1.54, 1.807) is 55.4 Å². The number of hydrogen-bond acceptors (Lipinski definition) is 8. The van der Waals surface area contributed by atoms with Gasteiger partial charge in [-0.15, -0.1) is 0 Å². The molecule has 0 saturated carbocycles. The first-order chi connectivity index (χ1) is 13.9. The normalized spacial score (nSPS) is 12.3. The molecule has 10 nitrogen and oxygen atoms in total. The van der Waals surface area contributed by atoms with Crippen LogP contribution in [0, 0.1) is 7.43 Å². The van der Waals surface area contributed by atoms with Gasteiger partial charge in [0.25, 0.3) is 0 Å². The number of carbonyl (C=O) groups excluding carboxylic acids is 3. The maximum absolute atomic E-state index is 11.1. The first kappa shape index (κ1) is 43.3. The van der Waals surface area contributed by atoms with Crippen molar-refractivity contribution in [1.82, 2.24) is 10.6 Å². The monoisotopic (exact) mass is 568 g/mol. The number of halogens is 1. The Balaban J connectivity index is -0.000000127. The number of esters is 1. The topological polar surface area (TPSA) is 132 Å². The second-order valence-electron chi connectivity index (χ2n) is 9.42. The summed E-state index contributed by atoms with van der Waals surface area (Å²) in [6.07, 6.45) is 1.42. The number of alkyl carbamates (subject to hydrolysis) is 2. The number of hydrogen-bond donors (Lipinski definition) is 3. The zero-order chi connectivity index (χ0) is 24.7. The van der Waals surface area contributed by atoms with E-state index in [1.807, 2.05) is 0 Å². The fourth-order valence-corrected chi connectivity index (χ4v) is 1.64. The van der Waals surface area contributed by atoms with Gasteiger partial charge in [-0.1, -0.05) is 0 Å². The van der Waals surface area contributed by atoms with Crippen molar-refractivity contribution in [3.05, 3.63) is 7.43 Å². The SMILES string of the molecule is C1CCOC1.CC(C)(O)CNC(=O)OC(C)(C)C.COC(=O)CNC(=O)OC(C)(C)C.[Br-].[CH3-].[Mg+2]. The van der Waals surface area contributed by atoms with E-state index in [-0.39, 0.29) is 60.6 Å². The van der Waals surface area contributed by atoms with Crippen molar-refractivity contribution in [1.29, 1.82) is 0 Å². The molecule has 0 aliphatic carbocycles. The number of amides is 2. The number of carbonyl (C=O) groups is 3. The molecule has 2 amide bonds. The molecule has 1 fully saturated rings. The molecule has 0 bridgehead atoms. The van der Waals surface area contributed by atoms with Crippen LogP contribution in [0.5, 0.6) is 0 Å². The molecule has 200 valence electrons. The van der Waals surface area contributed by atoms with Crippen LogP contribution in [-0.4, -0.2) is 96.5 Å². The average Bonchev–Trinajstić information content (AvgIpc) is 3.14. The zero-order valence-corrected chi connectivity index (χ0v) is 25.6. The summed E-state index contributed by atoms with van der Waals surface area (Å²) in [5.74, 6) is -0.508. The minimum atomic E-state index is -0.906. The van der Waals surface area contributed by atoms with Crippen LogP contribution in [0.1, 0.15) is 68.2 Å². The molecule has 1 aliphatic rings. The Kier molecular flexibility index (Phi) is 27.3. The van der Waals surface area contributed by atoms with Crippen LogP contribution in [0.25, 0.3) is 0 Å². The Morgan fingerprint density at radius 2 is 1.24 bits per heavy atom. The number of aliphatic hydroxyl groups is 1. The number of nitrogens with one attached hydrogen (secondary N) is 2. The molecule has 0 atom stereocenters. The molecular weight excluding hydrogens is 524 g/mol. The molecule has 0 radical (unpaired) electrons. The van der Waals surface area contributed by atoms with Crippen molar-refractivity contribution in [2.45, 2.75) is 85.0 Å². The van der Waals surface area contributed by atoms with Gasteiger partial charge in [-0.2, -0.15) is 0 Å². The van der Waals surface area contributed by atoms with E-state index >= 15 is 0 Å². The molecular formula is C22H45BrMgN2O8. The van der Waals surface area contributed by atoms with Crippen molar-refractivity contribution in [3.8, 4) is 0 Å². The third-order valence-electron chi connectivity index (χ3n) is 2.90. The largest absolute Gasteiger partial charge is 2.00 e. The molecule has 0 aromatic heterocycles. The number of ether oxygens (including phenoxy) is 4. The van der Waals surface area contributed by atoms with Crippen LogP contribution in [0.4, 0.5) is 9.59 Å². The Morgan fingerprint density at radius 1 is 0.853 bits per heavy atom. The fraction of sp³-hybridized carbons (Fsp3) is 0.818. The van der Waals surface area contributed by atoms with Crippen LogP contribution in [0.15, 0.2) is 0 Å². The van der Waals surface area contributed by atoms with Gasteiger partial charge in [-0.05, 0) is 68.2 Å². The van der Waals surface area contributed by atoms with E-state index in [0.29, 0.717) is 0 Å². The van der Waals surface area contributed by atoms with Gasteiger partial charge in [-0.3, -0.25) is 4.79 Å².